The number of esters is 1. The maximum atomic E-state index is 12.7. The summed E-state index contributed by atoms with van der Waals surface area (Å²) in [6.07, 6.45) is 1.63. The van der Waals surface area contributed by atoms with Crippen LogP contribution >= 0.6 is 11.3 Å². The number of hydrogen-bond donors (Lipinski definition) is 1. The van der Waals surface area contributed by atoms with Gasteiger partial charge in [0.15, 0.2) is 18.2 Å². The van der Waals surface area contributed by atoms with Gasteiger partial charge in [0, 0.05) is 6.20 Å². The number of rotatable bonds is 8. The van der Waals surface area contributed by atoms with E-state index in [4.69, 9.17) is 9.47 Å². The van der Waals surface area contributed by atoms with Gasteiger partial charge in [-0.15, -0.1) is 11.3 Å². The fraction of sp³-hybridized carbons (Fsp3) is 0.273. The molecule has 0 saturated carbocycles. The van der Waals surface area contributed by atoms with Crippen molar-refractivity contribution in [1.82, 2.24) is 9.78 Å². The van der Waals surface area contributed by atoms with Crippen molar-refractivity contribution in [2.45, 2.75) is 34.4 Å². The number of ketones is 1. The summed E-state index contributed by atoms with van der Waals surface area (Å²) in [6.45, 7) is 7.02. The second-order valence-electron chi connectivity index (χ2n) is 6.77. The summed E-state index contributed by atoms with van der Waals surface area (Å²) in [6, 6.07) is 9.15. The smallest absolute Gasteiger partial charge is 0.341 e. The van der Waals surface area contributed by atoms with Crippen LogP contribution in [0.25, 0.3) is 0 Å². The fourth-order valence-corrected chi connectivity index (χ4v) is 4.05. The van der Waals surface area contributed by atoms with Gasteiger partial charge in [0.2, 0.25) is 0 Å². The zero-order valence-electron chi connectivity index (χ0n) is 17.7. The number of aromatic nitrogens is 2. The third-order valence-corrected chi connectivity index (χ3v) is 5.80. The van der Waals surface area contributed by atoms with Crippen molar-refractivity contribution in [2.24, 2.45) is 0 Å². The van der Waals surface area contributed by atoms with Crippen LogP contribution in [0, 0.1) is 13.8 Å². The second-order valence-corrected chi connectivity index (χ2v) is 7.79. The van der Waals surface area contributed by atoms with E-state index in [0.717, 1.165) is 22.6 Å². The normalized spacial score (nSPS) is 10.6. The average molecular weight is 442 g/mol. The van der Waals surface area contributed by atoms with Crippen LogP contribution in [0.2, 0.25) is 0 Å². The highest BCUT2D eigenvalue weighted by Crippen LogP contribution is 2.34. The Balaban J connectivity index is 1.76. The van der Waals surface area contributed by atoms with Crippen molar-refractivity contribution >= 4 is 34.0 Å². The lowest BCUT2D eigenvalue weighted by atomic mass is 10.1. The summed E-state index contributed by atoms with van der Waals surface area (Å²) in [5.41, 5.74) is 1.82. The van der Waals surface area contributed by atoms with E-state index in [-0.39, 0.29) is 35.4 Å². The van der Waals surface area contributed by atoms with Crippen molar-refractivity contribution in [3.63, 3.8) is 0 Å². The number of benzene rings is 1. The number of para-hydroxylation sites is 1. The zero-order valence-corrected chi connectivity index (χ0v) is 18.5. The van der Waals surface area contributed by atoms with Gasteiger partial charge in [0.05, 0.1) is 17.0 Å². The van der Waals surface area contributed by atoms with Crippen LogP contribution in [0.15, 0.2) is 36.5 Å². The molecule has 8 nitrogen and oxygen atoms in total. The number of nitrogens with zero attached hydrogens (tertiary/aromatic N) is 2. The molecular formula is C22H23N3O5S. The second kappa shape index (κ2) is 9.57. The molecule has 1 N–H and O–H groups in total. The Morgan fingerprint density at radius 3 is 2.58 bits per heavy atom. The lowest BCUT2D eigenvalue weighted by Crippen LogP contribution is -2.16. The van der Waals surface area contributed by atoms with Crippen LogP contribution in [0.4, 0.5) is 5.00 Å². The van der Waals surface area contributed by atoms with Crippen molar-refractivity contribution in [3.05, 3.63) is 63.8 Å². The number of thiophene rings is 1. The van der Waals surface area contributed by atoms with Gasteiger partial charge in [-0.1, -0.05) is 18.2 Å². The van der Waals surface area contributed by atoms with Crippen molar-refractivity contribution in [1.29, 1.82) is 0 Å². The first kappa shape index (κ1) is 22.2. The van der Waals surface area contributed by atoms with E-state index in [1.807, 2.05) is 31.2 Å². The quantitative estimate of drug-likeness (QED) is 0.415. The van der Waals surface area contributed by atoms with E-state index in [1.165, 1.54) is 11.6 Å². The molecule has 0 aliphatic heterocycles. The number of aryl methyl sites for hydroxylation is 1. The number of ether oxygens (including phenoxy) is 2. The van der Waals surface area contributed by atoms with Crippen molar-refractivity contribution in [3.8, 4) is 5.75 Å². The van der Waals surface area contributed by atoms with Gasteiger partial charge in [-0.3, -0.25) is 9.59 Å². The molecule has 0 fully saturated rings. The van der Waals surface area contributed by atoms with E-state index < -0.39 is 11.9 Å². The molecule has 0 unspecified atom stereocenters. The average Bonchev–Trinajstić information content (AvgIpc) is 3.32. The number of anilines is 1. The van der Waals surface area contributed by atoms with Gasteiger partial charge >= 0.3 is 5.97 Å². The minimum Gasteiger partial charge on any atom is -0.471 e. The molecule has 3 rings (SSSR count). The standard InChI is InChI=1S/C22H23N3O5S/c1-5-29-22(28)18-14(3)19(15(4)26)31-21(18)23-20(27)16-10-11-25(24-16)12-30-17-9-7-6-8-13(17)2/h6-11H,5,12H2,1-4H3,(H,23,27). The van der Waals surface area contributed by atoms with E-state index in [2.05, 4.69) is 10.4 Å². The van der Waals surface area contributed by atoms with Gasteiger partial charge in [-0.05, 0) is 51.0 Å². The summed E-state index contributed by atoms with van der Waals surface area (Å²) in [4.78, 5) is 37.4. The summed E-state index contributed by atoms with van der Waals surface area (Å²) < 4.78 is 12.3. The molecule has 162 valence electrons. The molecule has 9 heteroatoms. The number of nitrogens with one attached hydrogen (secondary N) is 1. The van der Waals surface area contributed by atoms with E-state index in [1.54, 1.807) is 26.1 Å². The first-order chi connectivity index (χ1) is 14.8. The zero-order chi connectivity index (χ0) is 22.5. The third-order valence-electron chi connectivity index (χ3n) is 4.49. The molecule has 0 atom stereocenters. The predicted octanol–water partition coefficient (Wildman–Crippen LogP) is 4.23. The molecule has 0 aliphatic rings. The van der Waals surface area contributed by atoms with Crippen LogP contribution in [-0.4, -0.2) is 34.0 Å². The fourth-order valence-electron chi connectivity index (χ4n) is 2.96. The predicted molar refractivity (Wildman–Crippen MR) is 117 cm³/mol. The number of amides is 1. The maximum Gasteiger partial charge on any atom is 0.341 e. The first-order valence-corrected chi connectivity index (χ1v) is 10.5. The first-order valence-electron chi connectivity index (χ1n) is 9.66. The van der Waals surface area contributed by atoms with E-state index in [0.29, 0.717) is 10.4 Å². The third kappa shape index (κ3) is 5.00. The Morgan fingerprint density at radius 2 is 1.90 bits per heavy atom. The lowest BCUT2D eigenvalue weighted by Gasteiger charge is -2.08. The topological polar surface area (TPSA) is 99.5 Å². The van der Waals surface area contributed by atoms with Gasteiger partial charge in [-0.25, -0.2) is 9.48 Å². The van der Waals surface area contributed by atoms with E-state index >= 15 is 0 Å². The maximum absolute atomic E-state index is 12.7. The van der Waals surface area contributed by atoms with Gasteiger partial charge in [0.1, 0.15) is 10.8 Å². The Morgan fingerprint density at radius 1 is 1.16 bits per heavy atom. The largest absolute Gasteiger partial charge is 0.471 e. The SMILES string of the molecule is CCOC(=O)c1c(NC(=O)c2ccn(COc3ccccc3C)n2)sc(C(C)=O)c1C. The summed E-state index contributed by atoms with van der Waals surface area (Å²) in [5, 5.41) is 7.18. The molecule has 0 spiro atoms. The van der Waals surface area contributed by atoms with E-state index in [9.17, 15) is 14.4 Å². The van der Waals surface area contributed by atoms with Crippen LogP contribution in [0.3, 0.4) is 0 Å². The van der Waals surface area contributed by atoms with Gasteiger partial charge in [0.25, 0.3) is 5.91 Å². The Hall–Kier alpha value is -3.46. The van der Waals surface area contributed by atoms with Crippen molar-refractivity contribution in [2.75, 3.05) is 11.9 Å². The molecule has 0 radical (unpaired) electrons. The minimum atomic E-state index is -0.587. The summed E-state index contributed by atoms with van der Waals surface area (Å²) in [7, 11) is 0. The van der Waals surface area contributed by atoms with Crippen LogP contribution in [-0.2, 0) is 11.5 Å². The Bertz CT molecular complexity index is 1130. The van der Waals surface area contributed by atoms with Gasteiger partial charge < -0.3 is 14.8 Å². The van der Waals surface area contributed by atoms with Crippen LogP contribution in [0.5, 0.6) is 5.75 Å². The molecule has 0 saturated heterocycles. The highest BCUT2D eigenvalue weighted by molar-refractivity contribution is 7.18. The molecule has 3 aromatic rings. The Labute approximate surface area is 183 Å². The minimum absolute atomic E-state index is 0.138. The molecule has 0 bridgehead atoms. The number of carbonyl (C=O) groups is 3. The molecule has 1 amide bonds. The molecule has 31 heavy (non-hydrogen) atoms. The van der Waals surface area contributed by atoms with Gasteiger partial charge in [-0.2, -0.15) is 5.10 Å². The highest BCUT2D eigenvalue weighted by atomic mass is 32.1. The van der Waals surface area contributed by atoms with Crippen LogP contribution in [0.1, 0.15) is 55.5 Å². The lowest BCUT2D eigenvalue weighted by molar-refractivity contribution is 0.0527. The molecule has 0 aliphatic carbocycles. The number of Topliss-reactive ketones (excluding diaryl/α,β-unsaturated/α-hetero) is 1. The molecular weight excluding hydrogens is 418 g/mol. The van der Waals surface area contributed by atoms with Crippen molar-refractivity contribution < 1.29 is 23.9 Å². The molecule has 2 aromatic heterocycles. The summed E-state index contributed by atoms with van der Waals surface area (Å²) in [5.74, 6) is -0.548. The highest BCUT2D eigenvalue weighted by Gasteiger charge is 2.26. The number of hydrogen-bond acceptors (Lipinski definition) is 7. The summed E-state index contributed by atoms with van der Waals surface area (Å²) >= 11 is 1.05. The molecule has 2 heterocycles. The number of carbonyl (C=O) groups excluding carboxylic acids is 3. The molecule has 1 aromatic carbocycles. The van der Waals surface area contributed by atoms with Crippen LogP contribution < -0.4 is 10.1 Å². The Kier molecular flexibility index (Phi) is 6.86. The monoisotopic (exact) mass is 441 g/mol.